The fraction of sp³-hybridized carbons (Fsp3) is 0.111. The first kappa shape index (κ1) is 18.2. The lowest BCUT2D eigenvalue weighted by molar-refractivity contribution is -0.113. The Morgan fingerprint density at radius 2 is 1.96 bits per heavy atom. The van der Waals surface area contributed by atoms with E-state index in [-0.39, 0.29) is 17.4 Å². The predicted octanol–water partition coefficient (Wildman–Crippen LogP) is 3.43. The van der Waals surface area contributed by atoms with Crippen molar-refractivity contribution < 1.29 is 9.59 Å². The fourth-order valence-corrected chi connectivity index (χ4v) is 3.14. The van der Waals surface area contributed by atoms with Crippen LogP contribution in [-0.2, 0) is 11.8 Å². The Morgan fingerprint density at radius 3 is 2.65 bits per heavy atom. The number of aryl methyl sites for hydroxylation is 1. The maximum absolute atomic E-state index is 12.8. The highest BCUT2D eigenvalue weighted by molar-refractivity contribution is 7.99. The maximum Gasteiger partial charge on any atom is 0.234 e. The lowest BCUT2D eigenvalue weighted by atomic mass is 10.0. The van der Waals surface area contributed by atoms with Crippen LogP contribution in [0.2, 0.25) is 5.02 Å². The number of carbonyl (C=O) groups is 2. The summed E-state index contributed by atoms with van der Waals surface area (Å²) < 4.78 is 1.73. The van der Waals surface area contributed by atoms with Gasteiger partial charge in [-0.3, -0.25) is 9.59 Å². The smallest absolute Gasteiger partial charge is 0.234 e. The number of nitrogens with one attached hydrogen (secondary N) is 1. The van der Waals surface area contributed by atoms with Crippen LogP contribution >= 0.6 is 23.4 Å². The van der Waals surface area contributed by atoms with E-state index in [1.54, 1.807) is 60.4 Å². The van der Waals surface area contributed by atoms with Crippen molar-refractivity contribution in [3.05, 3.63) is 71.0 Å². The van der Waals surface area contributed by atoms with E-state index in [2.05, 4.69) is 15.5 Å². The lowest BCUT2D eigenvalue weighted by Crippen LogP contribution is -2.17. The van der Waals surface area contributed by atoms with Crippen LogP contribution in [0.15, 0.2) is 60.0 Å². The molecule has 2 aromatic carbocycles. The number of benzene rings is 2. The molecule has 0 saturated heterocycles. The number of ketones is 1. The summed E-state index contributed by atoms with van der Waals surface area (Å²) in [6.45, 7) is 0. The van der Waals surface area contributed by atoms with Crippen LogP contribution in [0, 0.1) is 0 Å². The van der Waals surface area contributed by atoms with Gasteiger partial charge in [-0.1, -0.05) is 53.7 Å². The minimum Gasteiger partial charge on any atom is -0.325 e. The SMILES string of the molecule is Cn1cnnc1SCC(=O)Nc1ccc(Cl)cc1C(=O)c1ccccc1. The van der Waals surface area contributed by atoms with Gasteiger partial charge in [0, 0.05) is 23.2 Å². The number of halogens is 1. The number of aromatic nitrogens is 3. The Bertz CT molecular complexity index is 943. The molecule has 0 aliphatic carbocycles. The van der Waals surface area contributed by atoms with Crippen LogP contribution in [0.5, 0.6) is 0 Å². The molecule has 0 fully saturated rings. The second-order valence-corrected chi connectivity index (χ2v) is 6.83. The molecule has 1 N–H and O–H groups in total. The van der Waals surface area contributed by atoms with Gasteiger partial charge in [0.05, 0.1) is 11.4 Å². The van der Waals surface area contributed by atoms with E-state index in [1.807, 2.05) is 6.07 Å². The molecule has 0 radical (unpaired) electrons. The summed E-state index contributed by atoms with van der Waals surface area (Å²) in [6.07, 6.45) is 1.57. The third-order valence-electron chi connectivity index (χ3n) is 3.54. The molecule has 1 aromatic heterocycles. The summed E-state index contributed by atoms with van der Waals surface area (Å²) in [7, 11) is 1.80. The summed E-state index contributed by atoms with van der Waals surface area (Å²) in [6, 6.07) is 13.7. The number of anilines is 1. The molecule has 0 unspecified atom stereocenters. The van der Waals surface area contributed by atoms with Crippen molar-refractivity contribution in [3.63, 3.8) is 0 Å². The van der Waals surface area contributed by atoms with E-state index < -0.39 is 0 Å². The van der Waals surface area contributed by atoms with Crippen molar-refractivity contribution >= 4 is 40.7 Å². The van der Waals surface area contributed by atoms with E-state index >= 15 is 0 Å². The van der Waals surface area contributed by atoms with Crippen LogP contribution in [0.3, 0.4) is 0 Å². The molecule has 0 aliphatic rings. The zero-order valence-electron chi connectivity index (χ0n) is 13.8. The highest BCUT2D eigenvalue weighted by atomic mass is 35.5. The number of rotatable bonds is 6. The van der Waals surface area contributed by atoms with Gasteiger partial charge in [-0.05, 0) is 18.2 Å². The highest BCUT2D eigenvalue weighted by Gasteiger charge is 2.16. The number of carbonyl (C=O) groups excluding carboxylic acids is 2. The molecule has 0 spiro atoms. The predicted molar refractivity (Wildman–Crippen MR) is 102 cm³/mol. The summed E-state index contributed by atoms with van der Waals surface area (Å²) in [5, 5.41) is 11.5. The van der Waals surface area contributed by atoms with Crippen molar-refractivity contribution in [2.24, 2.45) is 7.05 Å². The minimum absolute atomic E-state index is 0.147. The number of amides is 1. The minimum atomic E-state index is -0.248. The molecule has 0 saturated carbocycles. The standard InChI is InChI=1S/C18H15ClN4O2S/c1-23-11-20-22-18(23)26-10-16(24)21-15-8-7-13(19)9-14(15)17(25)12-5-3-2-4-6-12/h2-9,11H,10H2,1H3,(H,21,24). The molecule has 0 bridgehead atoms. The number of nitrogens with zero attached hydrogens (tertiary/aromatic N) is 3. The Morgan fingerprint density at radius 1 is 1.19 bits per heavy atom. The summed E-state index contributed by atoms with van der Waals surface area (Å²) in [5.74, 6) is -0.305. The zero-order chi connectivity index (χ0) is 18.5. The van der Waals surface area contributed by atoms with Crippen molar-refractivity contribution in [2.75, 3.05) is 11.1 Å². The number of hydrogen-bond donors (Lipinski definition) is 1. The van der Waals surface area contributed by atoms with Gasteiger partial charge in [-0.25, -0.2) is 0 Å². The fourth-order valence-electron chi connectivity index (χ4n) is 2.28. The quantitative estimate of drug-likeness (QED) is 0.518. The summed E-state index contributed by atoms with van der Waals surface area (Å²) >= 11 is 7.31. The third-order valence-corrected chi connectivity index (χ3v) is 4.81. The van der Waals surface area contributed by atoms with Gasteiger partial charge in [0.1, 0.15) is 6.33 Å². The van der Waals surface area contributed by atoms with Crippen LogP contribution in [0.1, 0.15) is 15.9 Å². The van der Waals surface area contributed by atoms with E-state index in [0.717, 1.165) is 0 Å². The largest absolute Gasteiger partial charge is 0.325 e. The Balaban J connectivity index is 1.76. The molecule has 0 aliphatic heterocycles. The molecule has 1 heterocycles. The van der Waals surface area contributed by atoms with Gasteiger partial charge >= 0.3 is 0 Å². The van der Waals surface area contributed by atoms with Crippen LogP contribution in [-0.4, -0.2) is 32.2 Å². The normalized spacial score (nSPS) is 10.5. The second-order valence-electron chi connectivity index (χ2n) is 5.45. The molecule has 6 nitrogen and oxygen atoms in total. The molecule has 1 amide bonds. The van der Waals surface area contributed by atoms with E-state index in [9.17, 15) is 9.59 Å². The van der Waals surface area contributed by atoms with Crippen molar-refractivity contribution in [1.29, 1.82) is 0 Å². The molecule has 26 heavy (non-hydrogen) atoms. The zero-order valence-corrected chi connectivity index (χ0v) is 15.4. The van der Waals surface area contributed by atoms with Crippen LogP contribution in [0.25, 0.3) is 0 Å². The molecule has 3 rings (SSSR count). The average molecular weight is 387 g/mol. The van der Waals surface area contributed by atoms with E-state index in [1.165, 1.54) is 11.8 Å². The summed E-state index contributed by atoms with van der Waals surface area (Å²) in [5.41, 5.74) is 1.30. The van der Waals surface area contributed by atoms with Gasteiger partial charge in [-0.15, -0.1) is 10.2 Å². The topological polar surface area (TPSA) is 76.9 Å². The molecule has 3 aromatic rings. The first-order valence-corrected chi connectivity index (χ1v) is 9.07. The molecule has 132 valence electrons. The van der Waals surface area contributed by atoms with Gasteiger partial charge in [0.2, 0.25) is 5.91 Å². The van der Waals surface area contributed by atoms with Crippen molar-refractivity contribution in [1.82, 2.24) is 14.8 Å². The van der Waals surface area contributed by atoms with Crippen LogP contribution in [0.4, 0.5) is 5.69 Å². The third kappa shape index (κ3) is 4.30. The van der Waals surface area contributed by atoms with Crippen molar-refractivity contribution in [2.45, 2.75) is 5.16 Å². The Kier molecular flexibility index (Phi) is 5.70. The molecule has 8 heteroatoms. The van der Waals surface area contributed by atoms with E-state index in [4.69, 9.17) is 11.6 Å². The van der Waals surface area contributed by atoms with Gasteiger partial charge in [-0.2, -0.15) is 0 Å². The van der Waals surface area contributed by atoms with E-state index in [0.29, 0.717) is 27.0 Å². The molecule has 0 atom stereocenters. The highest BCUT2D eigenvalue weighted by Crippen LogP contribution is 2.24. The monoisotopic (exact) mass is 386 g/mol. The van der Waals surface area contributed by atoms with Gasteiger partial charge < -0.3 is 9.88 Å². The number of hydrogen-bond acceptors (Lipinski definition) is 5. The average Bonchev–Trinajstić information content (AvgIpc) is 3.06. The lowest BCUT2D eigenvalue weighted by Gasteiger charge is -2.11. The van der Waals surface area contributed by atoms with Gasteiger partial charge in [0.25, 0.3) is 0 Å². The maximum atomic E-state index is 12.8. The second kappa shape index (κ2) is 8.16. The Labute approximate surface area is 159 Å². The van der Waals surface area contributed by atoms with Crippen LogP contribution < -0.4 is 5.32 Å². The Hall–Kier alpha value is -2.64. The molecular weight excluding hydrogens is 372 g/mol. The van der Waals surface area contributed by atoms with Gasteiger partial charge in [0.15, 0.2) is 10.9 Å². The first-order chi connectivity index (χ1) is 12.5. The first-order valence-electron chi connectivity index (χ1n) is 7.70. The van der Waals surface area contributed by atoms with Crippen molar-refractivity contribution in [3.8, 4) is 0 Å². The summed E-state index contributed by atoms with van der Waals surface area (Å²) in [4.78, 5) is 25.0. The molecular formula is C18H15ClN4O2S. The number of thioether (sulfide) groups is 1.